The van der Waals surface area contributed by atoms with Gasteiger partial charge in [0.1, 0.15) is 5.76 Å². The van der Waals surface area contributed by atoms with Crippen LogP contribution in [0.2, 0.25) is 5.22 Å². The van der Waals surface area contributed by atoms with E-state index in [0.29, 0.717) is 5.22 Å². The van der Waals surface area contributed by atoms with E-state index in [4.69, 9.17) is 27.6 Å². The van der Waals surface area contributed by atoms with Gasteiger partial charge in [-0.1, -0.05) is 24.3 Å². The Morgan fingerprint density at radius 1 is 1.19 bits per heavy atom. The zero-order chi connectivity index (χ0) is 11.5. The molecule has 0 saturated heterocycles. The van der Waals surface area contributed by atoms with Crippen LogP contribution in [0.1, 0.15) is 22.3 Å². The molecular weight excluding hydrogens is 243 g/mol. The minimum atomic E-state index is -0.173. The van der Waals surface area contributed by atoms with E-state index in [1.807, 2.05) is 18.2 Å². The average Bonchev–Trinajstić information content (AvgIpc) is 2.68. The number of alkyl halides is 1. The van der Waals surface area contributed by atoms with Gasteiger partial charge < -0.3 is 4.42 Å². The monoisotopic (exact) mass is 254 g/mol. The van der Waals surface area contributed by atoms with Gasteiger partial charge in [0, 0.05) is 0 Å². The Labute approximate surface area is 105 Å². The first-order chi connectivity index (χ1) is 7.66. The fourth-order valence-corrected chi connectivity index (χ4v) is 2.07. The first-order valence-electron chi connectivity index (χ1n) is 5.10. The van der Waals surface area contributed by atoms with Gasteiger partial charge in [-0.05, 0) is 48.2 Å². The molecule has 1 heterocycles. The highest BCUT2D eigenvalue weighted by Gasteiger charge is 2.13. The van der Waals surface area contributed by atoms with Crippen molar-refractivity contribution >= 4 is 23.2 Å². The summed E-state index contributed by atoms with van der Waals surface area (Å²) in [6.07, 6.45) is 0.748. The summed E-state index contributed by atoms with van der Waals surface area (Å²) in [5.41, 5.74) is 2.47. The van der Waals surface area contributed by atoms with Crippen molar-refractivity contribution in [2.24, 2.45) is 0 Å². The van der Waals surface area contributed by atoms with E-state index in [0.717, 1.165) is 12.2 Å². The molecule has 0 N–H and O–H groups in total. The SMILES string of the molecule is Cc1ccccc1CC(Cl)c1ccc(Cl)o1. The van der Waals surface area contributed by atoms with Crippen LogP contribution in [0.15, 0.2) is 40.8 Å². The molecule has 1 aromatic carbocycles. The maximum atomic E-state index is 6.27. The third kappa shape index (κ3) is 2.60. The molecule has 2 rings (SSSR count). The van der Waals surface area contributed by atoms with E-state index in [1.54, 1.807) is 6.07 Å². The lowest BCUT2D eigenvalue weighted by atomic mass is 10.0. The standard InChI is InChI=1S/C13H12Cl2O/c1-9-4-2-3-5-10(9)8-11(14)12-6-7-13(15)16-12/h2-7,11H,8H2,1H3. The van der Waals surface area contributed by atoms with Crippen LogP contribution in [0.5, 0.6) is 0 Å². The van der Waals surface area contributed by atoms with Crippen LogP contribution in [-0.4, -0.2) is 0 Å². The molecule has 0 spiro atoms. The largest absolute Gasteiger partial charge is 0.448 e. The summed E-state index contributed by atoms with van der Waals surface area (Å²) in [6.45, 7) is 2.08. The molecule has 1 nitrogen and oxygen atoms in total. The van der Waals surface area contributed by atoms with Crippen molar-refractivity contribution < 1.29 is 4.42 Å². The summed E-state index contributed by atoms with van der Waals surface area (Å²) in [6, 6.07) is 11.7. The first-order valence-corrected chi connectivity index (χ1v) is 5.92. The van der Waals surface area contributed by atoms with Crippen LogP contribution in [0.3, 0.4) is 0 Å². The predicted molar refractivity (Wildman–Crippen MR) is 67.2 cm³/mol. The van der Waals surface area contributed by atoms with Gasteiger partial charge in [-0.25, -0.2) is 0 Å². The van der Waals surface area contributed by atoms with E-state index in [1.165, 1.54) is 11.1 Å². The quantitative estimate of drug-likeness (QED) is 0.720. The second-order valence-corrected chi connectivity index (χ2v) is 4.64. The minimum absolute atomic E-state index is 0.173. The minimum Gasteiger partial charge on any atom is -0.448 e. The van der Waals surface area contributed by atoms with Crippen molar-refractivity contribution in [1.82, 2.24) is 0 Å². The highest BCUT2D eigenvalue weighted by Crippen LogP contribution is 2.29. The maximum Gasteiger partial charge on any atom is 0.193 e. The molecule has 0 saturated carbocycles. The molecule has 1 atom stereocenters. The van der Waals surface area contributed by atoms with E-state index in [9.17, 15) is 0 Å². The van der Waals surface area contributed by atoms with Crippen LogP contribution in [0.4, 0.5) is 0 Å². The normalized spacial score (nSPS) is 12.7. The Kier molecular flexibility index (Phi) is 3.57. The van der Waals surface area contributed by atoms with Crippen LogP contribution < -0.4 is 0 Å². The summed E-state index contributed by atoms with van der Waals surface area (Å²) >= 11 is 12.0. The number of rotatable bonds is 3. The molecule has 0 amide bonds. The smallest absolute Gasteiger partial charge is 0.193 e. The fourth-order valence-electron chi connectivity index (χ4n) is 1.63. The molecular formula is C13H12Cl2O. The Balaban J connectivity index is 2.13. The number of aryl methyl sites for hydroxylation is 1. The molecule has 1 aromatic heterocycles. The zero-order valence-electron chi connectivity index (χ0n) is 8.91. The topological polar surface area (TPSA) is 13.1 Å². The summed E-state index contributed by atoms with van der Waals surface area (Å²) in [7, 11) is 0. The molecule has 0 aliphatic rings. The Morgan fingerprint density at radius 3 is 2.56 bits per heavy atom. The summed E-state index contributed by atoms with van der Waals surface area (Å²) in [4.78, 5) is 0. The van der Waals surface area contributed by atoms with Crippen LogP contribution in [0, 0.1) is 6.92 Å². The molecule has 0 radical (unpaired) electrons. The highest BCUT2D eigenvalue weighted by atomic mass is 35.5. The Morgan fingerprint density at radius 2 is 1.94 bits per heavy atom. The van der Waals surface area contributed by atoms with E-state index < -0.39 is 0 Å². The van der Waals surface area contributed by atoms with Crippen molar-refractivity contribution in [3.05, 3.63) is 58.5 Å². The second kappa shape index (κ2) is 4.94. The van der Waals surface area contributed by atoms with Crippen LogP contribution in [-0.2, 0) is 6.42 Å². The second-order valence-electron chi connectivity index (χ2n) is 3.74. The molecule has 0 fully saturated rings. The molecule has 0 aliphatic carbocycles. The third-order valence-electron chi connectivity index (χ3n) is 2.56. The average molecular weight is 255 g/mol. The van der Waals surface area contributed by atoms with E-state index >= 15 is 0 Å². The van der Waals surface area contributed by atoms with Crippen molar-refractivity contribution in [3.63, 3.8) is 0 Å². The number of hydrogen-bond donors (Lipinski definition) is 0. The Bertz CT molecular complexity index is 476. The van der Waals surface area contributed by atoms with Gasteiger partial charge >= 0.3 is 0 Å². The number of halogens is 2. The molecule has 84 valence electrons. The van der Waals surface area contributed by atoms with Crippen LogP contribution >= 0.6 is 23.2 Å². The van der Waals surface area contributed by atoms with Gasteiger partial charge in [0.2, 0.25) is 0 Å². The third-order valence-corrected chi connectivity index (χ3v) is 3.14. The van der Waals surface area contributed by atoms with Crippen LogP contribution in [0.25, 0.3) is 0 Å². The van der Waals surface area contributed by atoms with Gasteiger partial charge in [-0.3, -0.25) is 0 Å². The molecule has 2 aromatic rings. The molecule has 0 aliphatic heterocycles. The predicted octanol–water partition coefficient (Wildman–Crippen LogP) is 4.76. The lowest BCUT2D eigenvalue weighted by Gasteiger charge is -2.08. The van der Waals surface area contributed by atoms with E-state index in [-0.39, 0.29) is 5.38 Å². The van der Waals surface area contributed by atoms with Gasteiger partial charge in [0.05, 0.1) is 5.38 Å². The number of furan rings is 1. The lowest BCUT2D eigenvalue weighted by Crippen LogP contribution is -1.96. The van der Waals surface area contributed by atoms with Gasteiger partial charge in [-0.2, -0.15) is 0 Å². The first kappa shape index (κ1) is 11.6. The van der Waals surface area contributed by atoms with Gasteiger partial charge in [0.25, 0.3) is 0 Å². The fraction of sp³-hybridized carbons (Fsp3) is 0.231. The Hall–Kier alpha value is -0.920. The van der Waals surface area contributed by atoms with Crippen molar-refractivity contribution in [1.29, 1.82) is 0 Å². The lowest BCUT2D eigenvalue weighted by molar-refractivity contribution is 0.504. The molecule has 16 heavy (non-hydrogen) atoms. The highest BCUT2D eigenvalue weighted by molar-refractivity contribution is 6.29. The summed E-state index contributed by atoms with van der Waals surface area (Å²) in [5, 5.41) is 0.207. The summed E-state index contributed by atoms with van der Waals surface area (Å²) < 4.78 is 5.29. The number of hydrogen-bond acceptors (Lipinski definition) is 1. The van der Waals surface area contributed by atoms with Crippen molar-refractivity contribution in [2.75, 3.05) is 0 Å². The molecule has 1 unspecified atom stereocenters. The van der Waals surface area contributed by atoms with E-state index in [2.05, 4.69) is 19.1 Å². The number of benzene rings is 1. The zero-order valence-corrected chi connectivity index (χ0v) is 10.4. The van der Waals surface area contributed by atoms with Gasteiger partial charge in [0.15, 0.2) is 5.22 Å². The maximum absolute atomic E-state index is 6.27. The summed E-state index contributed by atoms with van der Waals surface area (Å²) in [5.74, 6) is 0.718. The van der Waals surface area contributed by atoms with Crippen molar-refractivity contribution in [2.45, 2.75) is 18.7 Å². The van der Waals surface area contributed by atoms with Gasteiger partial charge in [-0.15, -0.1) is 11.6 Å². The molecule has 0 bridgehead atoms. The van der Waals surface area contributed by atoms with Crippen molar-refractivity contribution in [3.8, 4) is 0 Å². The molecule has 3 heteroatoms.